The normalized spacial score (nSPS) is 31.4. The molecule has 2 saturated heterocycles. The molecule has 1 aliphatic carbocycles. The molecule has 2 aromatic heterocycles. The molecule has 2 aliphatic heterocycles. The summed E-state index contributed by atoms with van der Waals surface area (Å²) in [4.78, 5) is 9.17. The van der Waals surface area contributed by atoms with E-state index in [2.05, 4.69) is 39.1 Å². The Labute approximate surface area is 161 Å². The van der Waals surface area contributed by atoms with Gasteiger partial charge >= 0.3 is 0 Å². The van der Waals surface area contributed by atoms with Crippen LogP contribution < -0.4 is 16.0 Å². The Morgan fingerprint density at radius 3 is 2.81 bits per heavy atom. The van der Waals surface area contributed by atoms with Crippen molar-refractivity contribution in [3.8, 4) is 0 Å². The molecule has 0 spiro atoms. The van der Waals surface area contributed by atoms with Gasteiger partial charge in [-0.2, -0.15) is 0 Å². The summed E-state index contributed by atoms with van der Waals surface area (Å²) in [7, 11) is 0. The van der Waals surface area contributed by atoms with Crippen LogP contribution in [0.4, 0.5) is 0 Å². The molecule has 3 fully saturated rings. The summed E-state index contributed by atoms with van der Waals surface area (Å²) < 4.78 is 0. The van der Waals surface area contributed by atoms with Crippen LogP contribution in [0.1, 0.15) is 37.8 Å². The monoisotopic (exact) mass is 365 g/mol. The van der Waals surface area contributed by atoms with Crippen molar-refractivity contribution < 1.29 is 0 Å². The Hall–Kier alpha value is -1.56. The Morgan fingerprint density at radius 1 is 1.11 bits per heavy atom. The lowest BCUT2D eigenvalue weighted by atomic mass is 9.80. The lowest BCUT2D eigenvalue weighted by molar-refractivity contribution is 0.195. The summed E-state index contributed by atoms with van der Waals surface area (Å²) in [6, 6.07) is 9.48. The Bertz CT molecular complexity index is 756. The quantitative estimate of drug-likeness (QED) is 0.734. The highest BCUT2D eigenvalue weighted by atomic mass is 15.0. The van der Waals surface area contributed by atoms with Crippen LogP contribution in [0.5, 0.6) is 0 Å². The first-order chi connectivity index (χ1) is 13.4. The topological polar surface area (TPSA) is 61.9 Å². The summed E-state index contributed by atoms with van der Waals surface area (Å²) in [5, 5.41) is 12.4. The minimum absolute atomic E-state index is 0.542. The predicted octanol–water partition coefficient (Wildman–Crippen LogP) is 2.48. The predicted molar refractivity (Wildman–Crippen MR) is 108 cm³/mol. The molecule has 5 heteroatoms. The molecule has 3 unspecified atom stereocenters. The SMILES string of the molecule is c1cnc2nc(CN[C@@H](CC3C4CCC3CNC4)C3CCCN3)ccc2c1. The molecule has 3 aliphatic rings. The van der Waals surface area contributed by atoms with E-state index in [9.17, 15) is 0 Å². The van der Waals surface area contributed by atoms with Crippen molar-refractivity contribution in [2.24, 2.45) is 17.8 Å². The molecule has 4 heterocycles. The van der Waals surface area contributed by atoms with Crippen LogP contribution in [0.3, 0.4) is 0 Å². The largest absolute Gasteiger partial charge is 0.316 e. The molecule has 4 atom stereocenters. The third-order valence-electron chi connectivity index (χ3n) is 7.11. The molecule has 2 aromatic rings. The number of nitrogens with one attached hydrogen (secondary N) is 3. The van der Waals surface area contributed by atoms with Crippen molar-refractivity contribution in [3.05, 3.63) is 36.2 Å². The fourth-order valence-corrected chi connectivity index (χ4v) is 5.65. The first-order valence-electron chi connectivity index (χ1n) is 10.7. The first kappa shape index (κ1) is 17.5. The number of hydrogen-bond acceptors (Lipinski definition) is 5. The Balaban J connectivity index is 1.28. The molecule has 5 rings (SSSR count). The molecule has 0 radical (unpaired) electrons. The summed E-state index contributed by atoms with van der Waals surface area (Å²) in [6.07, 6.45) is 8.58. The minimum atomic E-state index is 0.542. The van der Waals surface area contributed by atoms with Crippen molar-refractivity contribution in [2.45, 2.75) is 50.7 Å². The van der Waals surface area contributed by atoms with E-state index in [-0.39, 0.29) is 0 Å². The van der Waals surface area contributed by atoms with Gasteiger partial charge in [-0.1, -0.05) is 0 Å². The van der Waals surface area contributed by atoms with Gasteiger partial charge in [-0.15, -0.1) is 0 Å². The van der Waals surface area contributed by atoms with Gasteiger partial charge in [-0.3, -0.25) is 0 Å². The van der Waals surface area contributed by atoms with Crippen molar-refractivity contribution in [1.29, 1.82) is 0 Å². The molecule has 2 bridgehead atoms. The number of nitrogens with zero attached hydrogens (tertiary/aromatic N) is 2. The molecular formula is C22H31N5. The highest BCUT2D eigenvalue weighted by molar-refractivity contribution is 5.74. The lowest BCUT2D eigenvalue weighted by Gasteiger charge is -2.36. The van der Waals surface area contributed by atoms with Crippen molar-refractivity contribution in [3.63, 3.8) is 0 Å². The van der Waals surface area contributed by atoms with Crippen LogP contribution >= 0.6 is 0 Å². The molecule has 27 heavy (non-hydrogen) atoms. The van der Waals surface area contributed by atoms with Crippen LogP contribution in [0.25, 0.3) is 11.0 Å². The second kappa shape index (κ2) is 7.82. The van der Waals surface area contributed by atoms with Gasteiger partial charge in [0.2, 0.25) is 0 Å². The summed E-state index contributed by atoms with van der Waals surface area (Å²) in [6.45, 7) is 4.45. The van der Waals surface area contributed by atoms with Gasteiger partial charge in [0.15, 0.2) is 5.65 Å². The number of rotatable bonds is 6. The maximum Gasteiger partial charge on any atom is 0.159 e. The standard InChI is InChI=1S/C22H31N5/c1-3-15-7-8-18(27-22(15)25-10-1)14-26-21(20-4-2-9-24-20)11-19-16-5-6-17(19)13-23-12-16/h1,3,7-8,10,16-17,19-21,23-24,26H,2,4-6,9,11-14H2/t16?,17?,19?,20?,21-/m0/s1. The van der Waals surface area contributed by atoms with E-state index in [1.807, 2.05) is 12.3 Å². The highest BCUT2D eigenvalue weighted by Gasteiger charge is 2.41. The van der Waals surface area contributed by atoms with Gasteiger partial charge in [-0.25, -0.2) is 9.97 Å². The average Bonchev–Trinajstić information content (AvgIpc) is 3.30. The van der Waals surface area contributed by atoms with Crippen LogP contribution in [0.15, 0.2) is 30.5 Å². The molecule has 144 valence electrons. The molecule has 0 aromatic carbocycles. The summed E-state index contributed by atoms with van der Waals surface area (Å²) in [5.74, 6) is 2.66. The van der Waals surface area contributed by atoms with E-state index in [1.54, 1.807) is 0 Å². The third-order valence-corrected chi connectivity index (χ3v) is 7.11. The van der Waals surface area contributed by atoms with Crippen molar-refractivity contribution in [1.82, 2.24) is 25.9 Å². The van der Waals surface area contributed by atoms with E-state index < -0.39 is 0 Å². The van der Waals surface area contributed by atoms with Gasteiger partial charge in [-0.05, 0) is 93.8 Å². The molecule has 1 saturated carbocycles. The molecular weight excluding hydrogens is 334 g/mol. The Kier molecular flexibility index (Phi) is 5.08. The van der Waals surface area contributed by atoms with Gasteiger partial charge in [0, 0.05) is 30.2 Å². The summed E-state index contributed by atoms with van der Waals surface area (Å²) >= 11 is 0. The number of pyridine rings is 2. The maximum absolute atomic E-state index is 4.76. The second-order valence-corrected chi connectivity index (χ2v) is 8.70. The molecule has 5 nitrogen and oxygen atoms in total. The maximum atomic E-state index is 4.76. The number of hydrogen-bond donors (Lipinski definition) is 3. The van der Waals surface area contributed by atoms with Crippen LogP contribution in [0.2, 0.25) is 0 Å². The van der Waals surface area contributed by atoms with Crippen LogP contribution in [0, 0.1) is 17.8 Å². The number of aromatic nitrogens is 2. The fraction of sp³-hybridized carbons (Fsp3) is 0.636. The number of fused-ring (bicyclic) bond motifs is 3. The zero-order valence-electron chi connectivity index (χ0n) is 16.0. The van der Waals surface area contributed by atoms with E-state index in [0.29, 0.717) is 12.1 Å². The van der Waals surface area contributed by atoms with Gasteiger partial charge < -0.3 is 16.0 Å². The van der Waals surface area contributed by atoms with E-state index in [1.165, 1.54) is 51.7 Å². The van der Waals surface area contributed by atoms with E-state index in [0.717, 1.165) is 41.0 Å². The second-order valence-electron chi connectivity index (χ2n) is 8.70. The van der Waals surface area contributed by atoms with Crippen LogP contribution in [-0.2, 0) is 6.54 Å². The minimum Gasteiger partial charge on any atom is -0.316 e. The smallest absolute Gasteiger partial charge is 0.159 e. The first-order valence-corrected chi connectivity index (χ1v) is 10.7. The molecule has 3 N–H and O–H groups in total. The Morgan fingerprint density at radius 2 is 2.00 bits per heavy atom. The third kappa shape index (κ3) is 3.73. The van der Waals surface area contributed by atoms with E-state index >= 15 is 0 Å². The fourth-order valence-electron chi connectivity index (χ4n) is 5.65. The lowest BCUT2D eigenvalue weighted by Crippen LogP contribution is -2.48. The van der Waals surface area contributed by atoms with Crippen molar-refractivity contribution in [2.75, 3.05) is 19.6 Å². The van der Waals surface area contributed by atoms with Crippen LogP contribution in [-0.4, -0.2) is 41.7 Å². The van der Waals surface area contributed by atoms with E-state index in [4.69, 9.17) is 4.98 Å². The zero-order chi connectivity index (χ0) is 18.1. The van der Waals surface area contributed by atoms with Gasteiger partial charge in [0.05, 0.1) is 5.69 Å². The van der Waals surface area contributed by atoms with Gasteiger partial charge in [0.1, 0.15) is 0 Å². The zero-order valence-corrected chi connectivity index (χ0v) is 16.0. The van der Waals surface area contributed by atoms with Crippen molar-refractivity contribution >= 4 is 11.0 Å². The average molecular weight is 366 g/mol. The molecule has 0 amide bonds. The van der Waals surface area contributed by atoms with Gasteiger partial charge in [0.25, 0.3) is 0 Å². The highest BCUT2D eigenvalue weighted by Crippen LogP contribution is 2.42. The summed E-state index contributed by atoms with van der Waals surface area (Å²) in [5.41, 5.74) is 1.95. The number of piperidine rings is 1.